The first-order valence-corrected chi connectivity index (χ1v) is 6.06. The van der Waals surface area contributed by atoms with Crippen LogP contribution in [0.4, 0.5) is 16.3 Å². The quantitative estimate of drug-likeness (QED) is 0.810. The molecule has 10 heteroatoms. The summed E-state index contributed by atoms with van der Waals surface area (Å²) in [5, 5.41) is 12.7. The maximum Gasteiger partial charge on any atom is 0.412 e. The van der Waals surface area contributed by atoms with Crippen LogP contribution in [0.1, 0.15) is 6.92 Å². The van der Waals surface area contributed by atoms with Gasteiger partial charge >= 0.3 is 6.09 Å². The lowest BCUT2D eigenvalue weighted by molar-refractivity contribution is -0.117. The lowest BCUT2D eigenvalue weighted by atomic mass is 10.5. The SMILES string of the molecule is CCOC(=O)Nc1cnn(CC(=O)Nc2cncnc2)n1. The first kappa shape index (κ1) is 14.4. The van der Waals surface area contributed by atoms with Gasteiger partial charge in [-0.25, -0.2) is 14.8 Å². The highest BCUT2D eigenvalue weighted by Gasteiger charge is 2.09. The fourth-order valence-electron chi connectivity index (χ4n) is 1.40. The average Bonchev–Trinajstić information content (AvgIpc) is 2.87. The van der Waals surface area contributed by atoms with E-state index in [4.69, 9.17) is 4.74 Å². The number of ether oxygens (including phenoxy) is 1. The molecular weight excluding hydrogens is 278 g/mol. The van der Waals surface area contributed by atoms with Crippen molar-refractivity contribution in [2.24, 2.45) is 0 Å². The minimum atomic E-state index is -0.629. The van der Waals surface area contributed by atoms with Crippen LogP contribution in [-0.4, -0.2) is 43.6 Å². The molecule has 0 fully saturated rings. The number of carbonyl (C=O) groups excluding carboxylic acids is 2. The van der Waals surface area contributed by atoms with E-state index in [-0.39, 0.29) is 24.9 Å². The number of nitrogens with one attached hydrogen (secondary N) is 2. The molecule has 0 bridgehead atoms. The third-order valence-electron chi connectivity index (χ3n) is 2.17. The zero-order chi connectivity index (χ0) is 15.1. The van der Waals surface area contributed by atoms with Crippen LogP contribution in [0, 0.1) is 0 Å². The molecule has 0 spiro atoms. The van der Waals surface area contributed by atoms with E-state index in [1.165, 1.54) is 24.9 Å². The number of hydrogen-bond acceptors (Lipinski definition) is 7. The third-order valence-corrected chi connectivity index (χ3v) is 2.17. The summed E-state index contributed by atoms with van der Waals surface area (Å²) in [5.74, 6) is -0.146. The van der Waals surface area contributed by atoms with Crippen LogP contribution in [0.25, 0.3) is 0 Å². The molecular formula is C11H13N7O3. The first-order chi connectivity index (χ1) is 10.2. The summed E-state index contributed by atoms with van der Waals surface area (Å²) in [6, 6.07) is 0. The molecule has 0 aromatic carbocycles. The Morgan fingerprint density at radius 2 is 2.00 bits per heavy atom. The fraction of sp³-hybridized carbons (Fsp3) is 0.273. The highest BCUT2D eigenvalue weighted by atomic mass is 16.5. The third kappa shape index (κ3) is 4.53. The van der Waals surface area contributed by atoms with Crippen molar-refractivity contribution < 1.29 is 14.3 Å². The van der Waals surface area contributed by atoms with Gasteiger partial charge in [-0.05, 0) is 6.92 Å². The molecule has 2 heterocycles. The molecule has 2 rings (SSSR count). The van der Waals surface area contributed by atoms with Gasteiger partial charge in [-0.2, -0.15) is 9.90 Å². The monoisotopic (exact) mass is 291 g/mol. The van der Waals surface area contributed by atoms with E-state index in [2.05, 4.69) is 30.8 Å². The lowest BCUT2D eigenvalue weighted by Gasteiger charge is -2.03. The highest BCUT2D eigenvalue weighted by Crippen LogP contribution is 2.02. The van der Waals surface area contributed by atoms with Gasteiger partial charge in [0.1, 0.15) is 12.9 Å². The molecule has 0 radical (unpaired) electrons. The number of rotatable bonds is 5. The van der Waals surface area contributed by atoms with Gasteiger partial charge in [-0.1, -0.05) is 0 Å². The average molecular weight is 291 g/mol. The van der Waals surface area contributed by atoms with Gasteiger partial charge in [0.25, 0.3) is 0 Å². The second-order valence-electron chi connectivity index (χ2n) is 3.78. The van der Waals surface area contributed by atoms with Crippen molar-refractivity contribution in [1.82, 2.24) is 25.0 Å². The zero-order valence-corrected chi connectivity index (χ0v) is 11.2. The van der Waals surface area contributed by atoms with Crippen LogP contribution >= 0.6 is 0 Å². The van der Waals surface area contributed by atoms with Crippen molar-refractivity contribution >= 4 is 23.5 Å². The Labute approximate surface area is 119 Å². The van der Waals surface area contributed by atoms with Crippen LogP contribution in [0.3, 0.4) is 0 Å². The molecule has 21 heavy (non-hydrogen) atoms. The summed E-state index contributed by atoms with van der Waals surface area (Å²) in [4.78, 5) is 31.6. The minimum Gasteiger partial charge on any atom is -0.450 e. The van der Waals surface area contributed by atoms with E-state index < -0.39 is 6.09 Å². The first-order valence-electron chi connectivity index (χ1n) is 6.06. The predicted molar refractivity (Wildman–Crippen MR) is 71.3 cm³/mol. The van der Waals surface area contributed by atoms with Crippen molar-refractivity contribution in [1.29, 1.82) is 0 Å². The van der Waals surface area contributed by atoms with E-state index in [1.807, 2.05) is 0 Å². The van der Waals surface area contributed by atoms with Crippen LogP contribution in [0.5, 0.6) is 0 Å². The van der Waals surface area contributed by atoms with E-state index in [0.717, 1.165) is 4.80 Å². The van der Waals surface area contributed by atoms with Crippen molar-refractivity contribution in [2.75, 3.05) is 17.2 Å². The van der Waals surface area contributed by atoms with Gasteiger partial charge in [0, 0.05) is 0 Å². The van der Waals surface area contributed by atoms with Crippen molar-refractivity contribution in [2.45, 2.75) is 13.5 Å². The Morgan fingerprint density at radius 3 is 2.71 bits per heavy atom. The smallest absolute Gasteiger partial charge is 0.412 e. The number of nitrogens with zero attached hydrogens (tertiary/aromatic N) is 5. The molecule has 2 aromatic rings. The number of anilines is 2. The van der Waals surface area contributed by atoms with E-state index >= 15 is 0 Å². The van der Waals surface area contributed by atoms with Crippen LogP contribution in [0.15, 0.2) is 24.9 Å². The fourth-order valence-corrected chi connectivity index (χ4v) is 1.40. The summed E-state index contributed by atoms with van der Waals surface area (Å²) in [6.45, 7) is 1.83. The molecule has 0 unspecified atom stereocenters. The largest absolute Gasteiger partial charge is 0.450 e. The van der Waals surface area contributed by atoms with Crippen molar-refractivity contribution in [3.8, 4) is 0 Å². The Balaban J connectivity index is 1.87. The maximum absolute atomic E-state index is 11.7. The lowest BCUT2D eigenvalue weighted by Crippen LogP contribution is -2.21. The predicted octanol–water partition coefficient (Wildman–Crippen LogP) is 0.275. The Morgan fingerprint density at radius 1 is 1.24 bits per heavy atom. The Bertz CT molecular complexity index is 613. The van der Waals surface area contributed by atoms with Crippen LogP contribution in [-0.2, 0) is 16.1 Å². The minimum absolute atomic E-state index is 0.112. The number of carbonyl (C=O) groups is 2. The summed E-state index contributed by atoms with van der Waals surface area (Å²) < 4.78 is 4.69. The normalized spacial score (nSPS) is 9.95. The molecule has 10 nitrogen and oxygen atoms in total. The van der Waals surface area contributed by atoms with E-state index in [1.54, 1.807) is 6.92 Å². The number of aromatic nitrogens is 5. The van der Waals surface area contributed by atoms with Crippen LogP contribution in [0.2, 0.25) is 0 Å². The molecule has 0 saturated carbocycles. The van der Waals surface area contributed by atoms with Gasteiger partial charge in [-0.15, -0.1) is 5.10 Å². The van der Waals surface area contributed by atoms with Gasteiger partial charge < -0.3 is 10.1 Å². The zero-order valence-electron chi connectivity index (χ0n) is 11.2. The van der Waals surface area contributed by atoms with Gasteiger partial charge in [-0.3, -0.25) is 10.1 Å². The maximum atomic E-state index is 11.7. The molecule has 2 amide bonds. The molecule has 0 aliphatic rings. The molecule has 0 saturated heterocycles. The van der Waals surface area contributed by atoms with Crippen molar-refractivity contribution in [3.63, 3.8) is 0 Å². The van der Waals surface area contributed by atoms with Gasteiger partial charge in [0.05, 0.1) is 30.9 Å². The Hall–Kier alpha value is -3.04. The summed E-state index contributed by atoms with van der Waals surface area (Å²) in [5.41, 5.74) is 0.472. The number of hydrogen-bond donors (Lipinski definition) is 2. The van der Waals surface area contributed by atoms with E-state index in [0.29, 0.717) is 5.69 Å². The topological polar surface area (TPSA) is 124 Å². The second-order valence-corrected chi connectivity index (χ2v) is 3.78. The van der Waals surface area contributed by atoms with Gasteiger partial charge in [0.15, 0.2) is 5.82 Å². The molecule has 0 atom stereocenters. The molecule has 2 N–H and O–H groups in total. The summed E-state index contributed by atoms with van der Waals surface area (Å²) in [6.07, 6.45) is 4.98. The molecule has 110 valence electrons. The number of amides is 2. The second kappa shape index (κ2) is 6.93. The highest BCUT2D eigenvalue weighted by molar-refractivity contribution is 5.90. The van der Waals surface area contributed by atoms with Crippen molar-refractivity contribution in [3.05, 3.63) is 24.9 Å². The standard InChI is InChI=1S/C11H13N7O3/c1-2-21-11(20)16-9-5-14-18(17-9)6-10(19)15-8-3-12-7-13-4-8/h3-5,7H,2,6H2,1H3,(H,15,19)(H,16,17,20). The van der Waals surface area contributed by atoms with Crippen LogP contribution < -0.4 is 10.6 Å². The molecule has 0 aliphatic heterocycles. The summed E-state index contributed by atoms with van der Waals surface area (Å²) in [7, 11) is 0. The van der Waals surface area contributed by atoms with Gasteiger partial charge in [0.2, 0.25) is 5.91 Å². The molecule has 2 aromatic heterocycles. The summed E-state index contributed by atoms with van der Waals surface area (Å²) >= 11 is 0. The Kier molecular flexibility index (Phi) is 4.75. The van der Waals surface area contributed by atoms with E-state index in [9.17, 15) is 9.59 Å². The molecule has 0 aliphatic carbocycles.